The molecule has 0 radical (unpaired) electrons. The Balaban J connectivity index is 2.45. The van der Waals surface area contributed by atoms with Crippen molar-refractivity contribution in [2.75, 3.05) is 19.7 Å². The molecule has 1 aromatic carbocycles. The summed E-state index contributed by atoms with van der Waals surface area (Å²) in [6.45, 7) is 8.76. The van der Waals surface area contributed by atoms with Crippen molar-refractivity contribution in [1.82, 2.24) is 4.31 Å². The molecule has 0 aromatic heterocycles. The van der Waals surface area contributed by atoms with Crippen LogP contribution < -0.4 is 0 Å². The Hall–Kier alpha value is -1.42. The van der Waals surface area contributed by atoms with Gasteiger partial charge in [0.15, 0.2) is 0 Å². The zero-order valence-corrected chi connectivity index (χ0v) is 15.7. The summed E-state index contributed by atoms with van der Waals surface area (Å²) in [7, 11) is -3.66. The second kappa shape index (κ2) is 7.64. The van der Waals surface area contributed by atoms with Gasteiger partial charge in [0.25, 0.3) is 0 Å². The van der Waals surface area contributed by atoms with Gasteiger partial charge in [-0.3, -0.25) is 0 Å². The van der Waals surface area contributed by atoms with Crippen molar-refractivity contribution in [3.8, 4) is 6.07 Å². The normalized spacial score (nSPS) is 18.1. The molecule has 0 saturated carbocycles. The van der Waals surface area contributed by atoms with Crippen LogP contribution in [0.2, 0.25) is 0 Å². The average molecular weight is 350 g/mol. The number of hydrogen-bond donors (Lipinski definition) is 0. The smallest absolute Gasteiger partial charge is 0.243 e. The van der Waals surface area contributed by atoms with Gasteiger partial charge in [-0.05, 0) is 62.8 Å². The van der Waals surface area contributed by atoms with Crippen LogP contribution >= 0.6 is 0 Å². The Kier molecular flexibility index (Phi) is 6.02. The van der Waals surface area contributed by atoms with Crippen LogP contribution in [-0.2, 0) is 14.8 Å². The maximum absolute atomic E-state index is 13.3. The molecule has 2 rings (SSSR count). The monoisotopic (exact) mass is 350 g/mol. The number of hydrogen-bond acceptors (Lipinski definition) is 4. The van der Waals surface area contributed by atoms with Gasteiger partial charge in [0.05, 0.1) is 17.1 Å². The molecule has 0 amide bonds. The van der Waals surface area contributed by atoms with Crippen LogP contribution in [0.25, 0.3) is 0 Å². The van der Waals surface area contributed by atoms with Gasteiger partial charge in [0.2, 0.25) is 10.0 Å². The predicted molar refractivity (Wildman–Crippen MR) is 93.4 cm³/mol. The Morgan fingerprint density at radius 2 is 1.88 bits per heavy atom. The number of sulfonamides is 1. The molecule has 1 aromatic rings. The summed E-state index contributed by atoms with van der Waals surface area (Å²) in [6.07, 6.45) is 1.92. The van der Waals surface area contributed by atoms with Gasteiger partial charge in [-0.25, -0.2) is 8.42 Å². The van der Waals surface area contributed by atoms with Crippen molar-refractivity contribution in [2.45, 2.75) is 58.0 Å². The third kappa shape index (κ3) is 3.80. The third-order valence-electron chi connectivity index (χ3n) is 4.80. The van der Waals surface area contributed by atoms with Crippen molar-refractivity contribution in [3.05, 3.63) is 28.3 Å². The molecular formula is C18H26N2O3S. The summed E-state index contributed by atoms with van der Waals surface area (Å²) < 4.78 is 33.7. The highest BCUT2D eigenvalue weighted by molar-refractivity contribution is 7.89. The molecule has 0 N–H and O–H groups in total. The van der Waals surface area contributed by atoms with Gasteiger partial charge >= 0.3 is 0 Å². The van der Waals surface area contributed by atoms with Crippen molar-refractivity contribution in [2.24, 2.45) is 0 Å². The van der Waals surface area contributed by atoms with E-state index in [4.69, 9.17) is 10.00 Å². The number of benzene rings is 1. The maximum atomic E-state index is 13.3. The van der Waals surface area contributed by atoms with Crippen LogP contribution in [-0.4, -0.2) is 38.5 Å². The quantitative estimate of drug-likeness (QED) is 0.791. The van der Waals surface area contributed by atoms with Crippen LogP contribution in [0.5, 0.6) is 0 Å². The van der Waals surface area contributed by atoms with E-state index in [2.05, 4.69) is 6.07 Å². The molecule has 132 valence electrons. The van der Waals surface area contributed by atoms with Crippen LogP contribution in [0, 0.1) is 39.0 Å². The molecule has 1 atom stereocenters. The zero-order valence-electron chi connectivity index (χ0n) is 14.9. The topological polar surface area (TPSA) is 70.4 Å². The fourth-order valence-corrected chi connectivity index (χ4v) is 5.24. The van der Waals surface area contributed by atoms with Gasteiger partial charge in [0.1, 0.15) is 0 Å². The second-order valence-corrected chi connectivity index (χ2v) is 8.37. The van der Waals surface area contributed by atoms with E-state index >= 15 is 0 Å². The standard InChI is InChI=1S/C18H26N2O3S/c1-13-11-14(2)16(4)18(15(13)3)24(21,22)20(9-6-8-19)12-17-7-5-10-23-17/h11,17H,5-7,9-10,12H2,1-4H3. The van der Waals surface area contributed by atoms with Crippen LogP contribution in [0.3, 0.4) is 0 Å². The van der Waals surface area contributed by atoms with Gasteiger partial charge in [-0.2, -0.15) is 9.57 Å². The molecule has 6 heteroatoms. The highest BCUT2D eigenvalue weighted by Gasteiger charge is 2.31. The van der Waals surface area contributed by atoms with Gasteiger partial charge in [-0.1, -0.05) is 6.07 Å². The summed E-state index contributed by atoms with van der Waals surface area (Å²) in [5.74, 6) is 0. The maximum Gasteiger partial charge on any atom is 0.243 e. The van der Waals surface area contributed by atoms with E-state index in [1.807, 2.05) is 33.8 Å². The van der Waals surface area contributed by atoms with E-state index in [0.29, 0.717) is 18.0 Å². The third-order valence-corrected chi connectivity index (χ3v) is 6.94. The molecule has 1 saturated heterocycles. The zero-order chi connectivity index (χ0) is 17.9. The Labute approximate surface area is 145 Å². The first-order chi connectivity index (χ1) is 11.3. The number of nitrogens with zero attached hydrogens (tertiary/aromatic N) is 2. The molecular weight excluding hydrogens is 324 g/mol. The lowest BCUT2D eigenvalue weighted by molar-refractivity contribution is 0.0941. The number of nitriles is 1. The minimum atomic E-state index is -3.66. The van der Waals surface area contributed by atoms with Crippen LogP contribution in [0.15, 0.2) is 11.0 Å². The van der Waals surface area contributed by atoms with E-state index in [1.54, 1.807) is 0 Å². The van der Waals surface area contributed by atoms with Gasteiger partial charge < -0.3 is 4.74 Å². The van der Waals surface area contributed by atoms with Gasteiger partial charge in [0, 0.05) is 26.1 Å². The van der Waals surface area contributed by atoms with E-state index in [-0.39, 0.29) is 19.1 Å². The Morgan fingerprint density at radius 1 is 1.25 bits per heavy atom. The SMILES string of the molecule is Cc1cc(C)c(C)c(S(=O)(=O)N(CCC#N)CC2CCCO2)c1C. The molecule has 1 fully saturated rings. The highest BCUT2D eigenvalue weighted by Crippen LogP contribution is 2.29. The van der Waals surface area contributed by atoms with Crippen molar-refractivity contribution >= 4 is 10.0 Å². The number of rotatable bonds is 6. The van der Waals surface area contributed by atoms with E-state index < -0.39 is 10.0 Å². The Morgan fingerprint density at radius 3 is 2.38 bits per heavy atom. The molecule has 0 aliphatic carbocycles. The summed E-state index contributed by atoms with van der Waals surface area (Å²) in [6, 6.07) is 4.07. The summed E-state index contributed by atoms with van der Waals surface area (Å²) in [5.41, 5.74) is 3.50. The molecule has 24 heavy (non-hydrogen) atoms. The molecule has 1 aliphatic rings. The van der Waals surface area contributed by atoms with Crippen LogP contribution in [0.4, 0.5) is 0 Å². The molecule has 1 unspecified atom stereocenters. The van der Waals surface area contributed by atoms with Crippen molar-refractivity contribution in [1.29, 1.82) is 5.26 Å². The molecule has 5 nitrogen and oxygen atoms in total. The van der Waals surface area contributed by atoms with Crippen LogP contribution in [0.1, 0.15) is 41.5 Å². The molecule has 0 spiro atoms. The lowest BCUT2D eigenvalue weighted by Crippen LogP contribution is -2.38. The molecule has 0 bridgehead atoms. The largest absolute Gasteiger partial charge is 0.377 e. The minimum Gasteiger partial charge on any atom is -0.377 e. The first-order valence-corrected chi connectivity index (χ1v) is 9.79. The highest BCUT2D eigenvalue weighted by atomic mass is 32.2. The number of ether oxygens (including phenoxy) is 1. The summed E-state index contributed by atoms with van der Waals surface area (Å²) in [4.78, 5) is 0.385. The first kappa shape index (κ1) is 18.9. The van der Waals surface area contributed by atoms with Crippen molar-refractivity contribution < 1.29 is 13.2 Å². The number of aryl methyl sites for hydroxylation is 2. The first-order valence-electron chi connectivity index (χ1n) is 8.35. The summed E-state index contributed by atoms with van der Waals surface area (Å²) >= 11 is 0. The summed E-state index contributed by atoms with van der Waals surface area (Å²) in [5, 5.41) is 8.91. The molecule has 1 heterocycles. The van der Waals surface area contributed by atoms with E-state index in [0.717, 1.165) is 35.1 Å². The lowest BCUT2D eigenvalue weighted by atomic mass is 10.0. The predicted octanol–water partition coefficient (Wildman–Crippen LogP) is 3.00. The van der Waals surface area contributed by atoms with E-state index in [9.17, 15) is 8.42 Å². The minimum absolute atomic E-state index is 0.0787. The van der Waals surface area contributed by atoms with Crippen molar-refractivity contribution in [3.63, 3.8) is 0 Å². The second-order valence-electron chi connectivity index (χ2n) is 6.50. The average Bonchev–Trinajstić information content (AvgIpc) is 3.02. The van der Waals surface area contributed by atoms with Gasteiger partial charge in [-0.15, -0.1) is 0 Å². The van der Waals surface area contributed by atoms with E-state index in [1.165, 1.54) is 4.31 Å². The Bertz CT molecular complexity index is 718. The fourth-order valence-electron chi connectivity index (χ4n) is 3.20. The fraction of sp³-hybridized carbons (Fsp3) is 0.611. The lowest BCUT2D eigenvalue weighted by Gasteiger charge is -2.26. The molecule has 1 aliphatic heterocycles.